The number of hydrogen-bond acceptors (Lipinski definition) is 6. The van der Waals surface area contributed by atoms with Crippen molar-refractivity contribution in [2.45, 2.75) is 45.4 Å². The van der Waals surface area contributed by atoms with Crippen LogP contribution in [0.25, 0.3) is 11.4 Å². The number of aromatic nitrogens is 2. The van der Waals surface area contributed by atoms with E-state index in [1.165, 1.54) is 5.56 Å². The van der Waals surface area contributed by atoms with Gasteiger partial charge in [-0.1, -0.05) is 43.3 Å². The van der Waals surface area contributed by atoms with Crippen LogP contribution in [-0.2, 0) is 20.7 Å². The lowest BCUT2D eigenvalue weighted by Gasteiger charge is -2.36. The van der Waals surface area contributed by atoms with E-state index in [0.717, 1.165) is 18.4 Å². The molecule has 8 nitrogen and oxygen atoms in total. The molecule has 2 saturated heterocycles. The Morgan fingerprint density at radius 3 is 2.56 bits per heavy atom. The molecule has 1 aromatic carbocycles. The molecule has 0 radical (unpaired) electrons. The van der Waals surface area contributed by atoms with E-state index in [4.69, 9.17) is 9.26 Å². The molecule has 1 atom stereocenters. The molecular weight excluding hydrogens is 408 g/mol. The quantitative estimate of drug-likeness (QED) is 0.686. The maximum absolute atomic E-state index is 12.8. The van der Waals surface area contributed by atoms with Gasteiger partial charge in [0.1, 0.15) is 0 Å². The molecule has 2 aliphatic rings. The number of carbonyl (C=O) groups excluding carboxylic acids is 2. The van der Waals surface area contributed by atoms with E-state index < -0.39 is 0 Å². The first-order valence-electron chi connectivity index (χ1n) is 11.6. The maximum Gasteiger partial charge on any atom is 0.227 e. The van der Waals surface area contributed by atoms with Crippen molar-refractivity contribution in [3.8, 4) is 11.4 Å². The highest BCUT2D eigenvalue weighted by Gasteiger charge is 2.31. The lowest BCUT2D eigenvalue weighted by Crippen LogP contribution is -2.49. The summed E-state index contributed by atoms with van der Waals surface area (Å²) < 4.78 is 10.7. The van der Waals surface area contributed by atoms with Gasteiger partial charge in [0, 0.05) is 44.6 Å². The third kappa shape index (κ3) is 5.35. The number of carbonyl (C=O) groups is 2. The smallest absolute Gasteiger partial charge is 0.227 e. The van der Waals surface area contributed by atoms with Crippen LogP contribution in [0.2, 0.25) is 0 Å². The Kier molecular flexibility index (Phi) is 7.19. The van der Waals surface area contributed by atoms with Crippen LogP contribution in [0.15, 0.2) is 28.8 Å². The summed E-state index contributed by atoms with van der Waals surface area (Å²) in [5, 5.41) is 4.07. The van der Waals surface area contributed by atoms with Crippen molar-refractivity contribution in [1.29, 1.82) is 0 Å². The van der Waals surface area contributed by atoms with Gasteiger partial charge in [-0.3, -0.25) is 9.59 Å². The number of amides is 2. The molecule has 0 bridgehead atoms. The summed E-state index contributed by atoms with van der Waals surface area (Å²) in [6.07, 6.45) is 2.38. The van der Waals surface area contributed by atoms with E-state index in [1.807, 2.05) is 21.9 Å². The standard InChI is InChI=1S/C24H32N4O4/c1-17(2)18-5-7-19(8-6-18)23-25-21(32-26-23)9-10-22(29)28-11-3-4-20(16-28)24(30)27-12-14-31-15-13-27/h5-8,17,20H,3-4,9-16H2,1-2H3. The average Bonchev–Trinajstić information content (AvgIpc) is 3.32. The molecule has 1 aromatic heterocycles. The van der Waals surface area contributed by atoms with Crippen molar-refractivity contribution >= 4 is 11.8 Å². The molecule has 0 N–H and O–H groups in total. The Labute approximate surface area is 188 Å². The first-order valence-corrected chi connectivity index (χ1v) is 11.6. The van der Waals surface area contributed by atoms with Crippen molar-refractivity contribution in [2.75, 3.05) is 39.4 Å². The highest BCUT2D eigenvalue weighted by atomic mass is 16.5. The highest BCUT2D eigenvalue weighted by Crippen LogP contribution is 2.22. The van der Waals surface area contributed by atoms with Crippen LogP contribution in [0.4, 0.5) is 0 Å². The zero-order chi connectivity index (χ0) is 22.5. The summed E-state index contributed by atoms with van der Waals surface area (Å²) in [5.41, 5.74) is 2.16. The second-order valence-corrected chi connectivity index (χ2v) is 8.90. The molecule has 0 saturated carbocycles. The monoisotopic (exact) mass is 440 g/mol. The number of likely N-dealkylation sites (tertiary alicyclic amines) is 1. The number of piperidine rings is 1. The van der Waals surface area contributed by atoms with Gasteiger partial charge in [0.15, 0.2) is 0 Å². The lowest BCUT2D eigenvalue weighted by molar-refractivity contribution is -0.144. The third-order valence-corrected chi connectivity index (χ3v) is 6.30. The third-order valence-electron chi connectivity index (χ3n) is 6.30. The van der Waals surface area contributed by atoms with E-state index in [-0.39, 0.29) is 17.7 Å². The molecule has 0 aliphatic carbocycles. The Morgan fingerprint density at radius 1 is 1.09 bits per heavy atom. The molecule has 2 amide bonds. The molecule has 8 heteroatoms. The van der Waals surface area contributed by atoms with Crippen molar-refractivity contribution in [1.82, 2.24) is 19.9 Å². The van der Waals surface area contributed by atoms with Gasteiger partial charge in [-0.25, -0.2) is 0 Å². The molecule has 2 aromatic rings. The van der Waals surface area contributed by atoms with E-state index in [1.54, 1.807) is 0 Å². The van der Waals surface area contributed by atoms with Gasteiger partial charge in [0.25, 0.3) is 0 Å². The number of benzene rings is 1. The molecule has 172 valence electrons. The first kappa shape index (κ1) is 22.5. The van der Waals surface area contributed by atoms with Crippen LogP contribution in [0.1, 0.15) is 50.5 Å². The minimum Gasteiger partial charge on any atom is -0.378 e. The topological polar surface area (TPSA) is 88.8 Å². The molecule has 4 rings (SSSR count). The average molecular weight is 441 g/mol. The minimum atomic E-state index is -0.116. The zero-order valence-electron chi connectivity index (χ0n) is 19.0. The molecule has 3 heterocycles. The number of morpholine rings is 1. The predicted molar refractivity (Wildman–Crippen MR) is 119 cm³/mol. The number of nitrogens with zero attached hydrogens (tertiary/aromatic N) is 4. The summed E-state index contributed by atoms with van der Waals surface area (Å²) in [7, 11) is 0. The largest absolute Gasteiger partial charge is 0.378 e. The fourth-order valence-electron chi connectivity index (χ4n) is 4.31. The summed E-state index contributed by atoms with van der Waals surface area (Å²) >= 11 is 0. The van der Waals surface area contributed by atoms with E-state index in [2.05, 4.69) is 36.1 Å². The fourth-order valence-corrected chi connectivity index (χ4v) is 4.31. The van der Waals surface area contributed by atoms with Crippen LogP contribution < -0.4 is 0 Å². The zero-order valence-corrected chi connectivity index (χ0v) is 19.0. The Hall–Kier alpha value is -2.74. The van der Waals surface area contributed by atoms with Crippen LogP contribution in [0.5, 0.6) is 0 Å². The molecule has 2 fully saturated rings. The first-order chi connectivity index (χ1) is 15.5. The van der Waals surface area contributed by atoms with Gasteiger partial charge in [0.2, 0.25) is 23.5 Å². The maximum atomic E-state index is 12.8. The van der Waals surface area contributed by atoms with Gasteiger partial charge < -0.3 is 19.1 Å². The number of aryl methyl sites for hydroxylation is 1. The Morgan fingerprint density at radius 2 is 1.84 bits per heavy atom. The SMILES string of the molecule is CC(C)c1ccc(-c2noc(CCC(=O)N3CCCC(C(=O)N4CCOCC4)C3)n2)cc1. The summed E-state index contributed by atoms with van der Waals surface area (Å²) in [4.78, 5) is 33.7. The Bertz CT molecular complexity index is 918. The van der Waals surface area contributed by atoms with E-state index in [9.17, 15) is 9.59 Å². The van der Waals surface area contributed by atoms with Gasteiger partial charge in [0.05, 0.1) is 19.1 Å². The summed E-state index contributed by atoms with van der Waals surface area (Å²) in [6, 6.07) is 8.14. The van der Waals surface area contributed by atoms with Gasteiger partial charge in [-0.15, -0.1) is 0 Å². The van der Waals surface area contributed by atoms with E-state index >= 15 is 0 Å². The summed E-state index contributed by atoms with van der Waals surface area (Å²) in [6.45, 7) is 7.97. The molecule has 0 spiro atoms. The van der Waals surface area contributed by atoms with Crippen molar-refractivity contribution in [2.24, 2.45) is 5.92 Å². The van der Waals surface area contributed by atoms with Crippen LogP contribution >= 0.6 is 0 Å². The van der Waals surface area contributed by atoms with Crippen LogP contribution in [0.3, 0.4) is 0 Å². The number of ether oxygens (including phenoxy) is 1. The lowest BCUT2D eigenvalue weighted by atomic mass is 9.96. The fraction of sp³-hybridized carbons (Fsp3) is 0.583. The Balaban J connectivity index is 1.29. The van der Waals surface area contributed by atoms with Gasteiger partial charge in [-0.05, 0) is 24.3 Å². The molecule has 2 aliphatic heterocycles. The second-order valence-electron chi connectivity index (χ2n) is 8.90. The van der Waals surface area contributed by atoms with E-state index in [0.29, 0.717) is 69.9 Å². The van der Waals surface area contributed by atoms with Gasteiger partial charge >= 0.3 is 0 Å². The number of rotatable bonds is 6. The van der Waals surface area contributed by atoms with Crippen molar-refractivity contribution in [3.63, 3.8) is 0 Å². The molecule has 1 unspecified atom stereocenters. The molecule has 32 heavy (non-hydrogen) atoms. The normalized spacial score (nSPS) is 19.4. The van der Waals surface area contributed by atoms with Crippen LogP contribution in [-0.4, -0.2) is 71.1 Å². The molecular formula is C24H32N4O4. The van der Waals surface area contributed by atoms with Gasteiger partial charge in [-0.2, -0.15) is 4.98 Å². The highest BCUT2D eigenvalue weighted by molar-refractivity contribution is 5.81. The van der Waals surface area contributed by atoms with Crippen molar-refractivity contribution in [3.05, 3.63) is 35.7 Å². The van der Waals surface area contributed by atoms with Crippen LogP contribution in [0, 0.1) is 5.92 Å². The number of hydrogen-bond donors (Lipinski definition) is 0. The minimum absolute atomic E-state index is 0.0329. The predicted octanol–water partition coefficient (Wildman–Crippen LogP) is 2.89. The van der Waals surface area contributed by atoms with Crippen molar-refractivity contribution < 1.29 is 18.8 Å². The summed E-state index contributed by atoms with van der Waals surface area (Å²) in [5.74, 6) is 1.53. The second kappa shape index (κ2) is 10.3.